The first-order valence-electron chi connectivity index (χ1n) is 13.5. The SMILES string of the molecule is CN(C)C(=O)Oc1cc(Br)cc2c(-c3ccccc3)c(-c3ccccc3)c(-c3ccccc3)c(-c3ccccc3)c12. The minimum absolute atomic E-state index is 0.432. The first kappa shape index (κ1) is 26.5. The Balaban J connectivity index is 1.92. The van der Waals surface area contributed by atoms with Crippen molar-refractivity contribution in [3.63, 3.8) is 0 Å². The molecule has 3 nitrogen and oxygen atoms in total. The maximum absolute atomic E-state index is 13.0. The number of rotatable bonds is 5. The van der Waals surface area contributed by atoms with Crippen molar-refractivity contribution in [3.05, 3.63) is 138 Å². The van der Waals surface area contributed by atoms with Crippen LogP contribution in [-0.4, -0.2) is 25.1 Å². The monoisotopic (exact) mass is 597 g/mol. The van der Waals surface area contributed by atoms with Gasteiger partial charge >= 0.3 is 6.09 Å². The van der Waals surface area contributed by atoms with Crippen LogP contribution in [0.25, 0.3) is 55.3 Å². The van der Waals surface area contributed by atoms with Crippen molar-refractivity contribution in [1.82, 2.24) is 4.90 Å². The summed E-state index contributed by atoms with van der Waals surface area (Å²) in [6.07, 6.45) is -0.432. The predicted octanol–water partition coefficient (Wildman–Crippen LogP) is 10.3. The quantitative estimate of drug-likeness (QED) is 0.198. The van der Waals surface area contributed by atoms with Gasteiger partial charge < -0.3 is 9.64 Å². The van der Waals surface area contributed by atoms with Gasteiger partial charge in [0, 0.05) is 29.5 Å². The molecule has 0 bridgehead atoms. The second-order valence-electron chi connectivity index (χ2n) is 10.1. The highest BCUT2D eigenvalue weighted by Gasteiger charge is 2.27. The van der Waals surface area contributed by atoms with E-state index in [0.29, 0.717) is 5.75 Å². The number of hydrogen-bond acceptors (Lipinski definition) is 2. The highest BCUT2D eigenvalue weighted by Crippen LogP contribution is 2.53. The van der Waals surface area contributed by atoms with Gasteiger partial charge in [0.25, 0.3) is 0 Å². The van der Waals surface area contributed by atoms with E-state index in [1.54, 1.807) is 14.1 Å². The Labute approximate surface area is 248 Å². The molecule has 0 aliphatic carbocycles. The van der Waals surface area contributed by atoms with Gasteiger partial charge in [-0.1, -0.05) is 137 Å². The average Bonchev–Trinajstić information content (AvgIpc) is 3.01. The number of hydrogen-bond donors (Lipinski definition) is 0. The number of halogens is 1. The van der Waals surface area contributed by atoms with Crippen molar-refractivity contribution in [2.24, 2.45) is 0 Å². The molecule has 0 atom stereocenters. The second kappa shape index (κ2) is 11.4. The molecule has 0 aliphatic heterocycles. The van der Waals surface area contributed by atoms with Gasteiger partial charge in [0.05, 0.1) is 0 Å². The van der Waals surface area contributed by atoms with Gasteiger partial charge in [-0.15, -0.1) is 0 Å². The highest BCUT2D eigenvalue weighted by atomic mass is 79.9. The van der Waals surface area contributed by atoms with E-state index in [1.807, 2.05) is 42.5 Å². The van der Waals surface area contributed by atoms with Crippen LogP contribution in [0.2, 0.25) is 0 Å². The topological polar surface area (TPSA) is 29.5 Å². The number of fused-ring (bicyclic) bond motifs is 1. The number of benzene rings is 6. The summed E-state index contributed by atoms with van der Waals surface area (Å²) in [5.41, 5.74) is 8.60. The van der Waals surface area contributed by atoms with Crippen molar-refractivity contribution >= 4 is 32.8 Å². The van der Waals surface area contributed by atoms with Crippen LogP contribution in [0.15, 0.2) is 138 Å². The summed E-state index contributed by atoms with van der Waals surface area (Å²) in [7, 11) is 3.39. The Morgan fingerprint density at radius 1 is 0.561 bits per heavy atom. The predicted molar refractivity (Wildman–Crippen MR) is 173 cm³/mol. The lowest BCUT2D eigenvalue weighted by atomic mass is 9.78. The Morgan fingerprint density at radius 2 is 0.951 bits per heavy atom. The molecule has 0 N–H and O–H groups in total. The van der Waals surface area contributed by atoms with E-state index >= 15 is 0 Å². The van der Waals surface area contributed by atoms with Crippen molar-refractivity contribution < 1.29 is 9.53 Å². The Kier molecular flexibility index (Phi) is 7.41. The van der Waals surface area contributed by atoms with E-state index < -0.39 is 6.09 Å². The first-order valence-corrected chi connectivity index (χ1v) is 14.3. The Morgan fingerprint density at radius 3 is 1.39 bits per heavy atom. The minimum atomic E-state index is -0.432. The third kappa shape index (κ3) is 5.15. The average molecular weight is 599 g/mol. The normalized spacial score (nSPS) is 10.9. The lowest BCUT2D eigenvalue weighted by Crippen LogP contribution is -2.25. The number of carbonyl (C=O) groups is 1. The largest absolute Gasteiger partial charge is 0.414 e. The molecule has 1 amide bonds. The zero-order chi connectivity index (χ0) is 28.3. The summed E-state index contributed by atoms with van der Waals surface area (Å²) < 4.78 is 6.94. The van der Waals surface area contributed by atoms with Crippen LogP contribution in [0.1, 0.15) is 0 Å². The second-order valence-corrected chi connectivity index (χ2v) is 11.0. The fourth-order valence-electron chi connectivity index (χ4n) is 5.40. The smallest absolute Gasteiger partial charge is 0.409 e. The number of ether oxygens (including phenoxy) is 1. The fraction of sp³-hybridized carbons (Fsp3) is 0.0541. The van der Waals surface area contributed by atoms with E-state index in [0.717, 1.165) is 59.8 Å². The number of nitrogens with zero attached hydrogens (tertiary/aromatic N) is 1. The molecule has 4 heteroatoms. The van der Waals surface area contributed by atoms with E-state index in [-0.39, 0.29) is 0 Å². The van der Waals surface area contributed by atoms with Crippen molar-refractivity contribution in [1.29, 1.82) is 0 Å². The molecule has 200 valence electrons. The van der Waals surface area contributed by atoms with Gasteiger partial charge in [0.2, 0.25) is 0 Å². The zero-order valence-corrected chi connectivity index (χ0v) is 24.4. The molecule has 6 aromatic rings. The van der Waals surface area contributed by atoms with Crippen LogP contribution in [0.4, 0.5) is 4.79 Å². The van der Waals surface area contributed by atoms with E-state index in [9.17, 15) is 4.79 Å². The molecule has 0 saturated carbocycles. The summed E-state index contributed by atoms with van der Waals surface area (Å²) >= 11 is 3.74. The molecule has 0 saturated heterocycles. The van der Waals surface area contributed by atoms with E-state index in [2.05, 4.69) is 107 Å². The van der Waals surface area contributed by atoms with Gasteiger partial charge in [0.1, 0.15) is 5.75 Å². The summed E-state index contributed by atoms with van der Waals surface area (Å²) in [4.78, 5) is 14.4. The van der Waals surface area contributed by atoms with E-state index in [1.165, 1.54) is 4.90 Å². The van der Waals surface area contributed by atoms with Gasteiger partial charge in [-0.2, -0.15) is 0 Å². The van der Waals surface area contributed by atoms with Crippen LogP contribution in [0.3, 0.4) is 0 Å². The maximum atomic E-state index is 13.0. The van der Waals surface area contributed by atoms with Crippen LogP contribution in [-0.2, 0) is 0 Å². The summed E-state index contributed by atoms with van der Waals surface area (Å²) in [5, 5.41) is 1.87. The molecule has 0 aliphatic rings. The van der Waals surface area contributed by atoms with Crippen molar-refractivity contribution in [2.45, 2.75) is 0 Å². The van der Waals surface area contributed by atoms with Gasteiger partial charge in [-0.05, 0) is 56.5 Å². The molecular weight excluding hydrogens is 570 g/mol. The molecule has 6 rings (SSSR count). The molecular formula is C37H28BrNO2. The summed E-state index contributed by atoms with van der Waals surface area (Å²) in [6.45, 7) is 0. The highest BCUT2D eigenvalue weighted by molar-refractivity contribution is 9.10. The van der Waals surface area contributed by atoms with Gasteiger partial charge in [-0.25, -0.2) is 4.79 Å². The standard InChI is InChI=1S/C37H28BrNO2/c1-39(2)37(40)41-31-24-29(38)23-30-32(25-15-7-3-8-16-25)33(26-17-9-4-10-18-26)34(27-19-11-5-12-20-27)35(36(30)31)28-21-13-6-14-22-28/h3-24H,1-2H3. The minimum Gasteiger partial charge on any atom is -0.409 e. The van der Waals surface area contributed by atoms with Gasteiger partial charge in [-0.3, -0.25) is 0 Å². The van der Waals surface area contributed by atoms with Crippen LogP contribution in [0.5, 0.6) is 5.75 Å². The van der Waals surface area contributed by atoms with Gasteiger partial charge in [0.15, 0.2) is 0 Å². The third-order valence-corrected chi connectivity index (χ3v) is 7.61. The molecule has 41 heavy (non-hydrogen) atoms. The van der Waals surface area contributed by atoms with Crippen molar-refractivity contribution in [3.8, 4) is 50.3 Å². The maximum Gasteiger partial charge on any atom is 0.414 e. The molecule has 0 unspecified atom stereocenters. The van der Waals surface area contributed by atoms with Crippen LogP contribution in [0, 0.1) is 0 Å². The fourth-order valence-corrected chi connectivity index (χ4v) is 5.83. The van der Waals surface area contributed by atoms with Crippen LogP contribution < -0.4 is 4.74 Å². The zero-order valence-electron chi connectivity index (χ0n) is 22.8. The molecule has 0 aromatic heterocycles. The first-order chi connectivity index (χ1) is 20.0. The van der Waals surface area contributed by atoms with Crippen LogP contribution >= 0.6 is 15.9 Å². The molecule has 0 fully saturated rings. The molecule has 6 aromatic carbocycles. The number of carbonyl (C=O) groups excluding carboxylic acids is 1. The Bertz CT molecular complexity index is 1840. The lowest BCUT2D eigenvalue weighted by Gasteiger charge is -2.25. The van der Waals surface area contributed by atoms with E-state index in [4.69, 9.17) is 4.74 Å². The number of amides is 1. The Hall–Kier alpha value is -4.67. The lowest BCUT2D eigenvalue weighted by molar-refractivity contribution is 0.172. The summed E-state index contributed by atoms with van der Waals surface area (Å²) in [6, 6.07) is 45.9. The molecule has 0 radical (unpaired) electrons. The summed E-state index contributed by atoms with van der Waals surface area (Å²) in [5.74, 6) is 0.501. The third-order valence-electron chi connectivity index (χ3n) is 7.15. The molecule has 0 spiro atoms. The molecule has 0 heterocycles. The van der Waals surface area contributed by atoms with Crippen molar-refractivity contribution in [2.75, 3.05) is 14.1 Å².